The Hall–Kier alpha value is -1.08. The van der Waals surface area contributed by atoms with E-state index in [0.29, 0.717) is 5.92 Å². The van der Waals surface area contributed by atoms with Crippen LogP contribution < -0.4 is 5.32 Å². The van der Waals surface area contributed by atoms with Crippen molar-refractivity contribution in [3.63, 3.8) is 0 Å². The maximum absolute atomic E-state index is 8.89. The van der Waals surface area contributed by atoms with Crippen molar-refractivity contribution in [2.75, 3.05) is 12.4 Å². The summed E-state index contributed by atoms with van der Waals surface area (Å²) in [6.07, 6.45) is 3.67. The van der Waals surface area contributed by atoms with Gasteiger partial charge in [-0.2, -0.15) is 5.26 Å². The van der Waals surface area contributed by atoms with Crippen molar-refractivity contribution < 1.29 is 0 Å². The summed E-state index contributed by atoms with van der Waals surface area (Å²) in [5.74, 6) is 0.549. The van der Waals surface area contributed by atoms with Crippen molar-refractivity contribution in [2.24, 2.45) is 0 Å². The van der Waals surface area contributed by atoms with Crippen LogP contribution in [0.2, 0.25) is 0 Å². The highest BCUT2D eigenvalue weighted by atomic mass is 32.1. The first-order valence-corrected chi connectivity index (χ1v) is 5.25. The highest BCUT2D eigenvalue weighted by molar-refractivity contribution is 7.16. The Morgan fingerprint density at radius 2 is 2.38 bits per heavy atom. The van der Waals surface area contributed by atoms with Gasteiger partial charge in [0.15, 0.2) is 5.13 Å². The van der Waals surface area contributed by atoms with Crippen molar-refractivity contribution in [2.45, 2.75) is 25.2 Å². The minimum atomic E-state index is 0.549. The van der Waals surface area contributed by atoms with Crippen LogP contribution in [0.25, 0.3) is 0 Å². The number of nitriles is 1. The molecule has 0 aromatic carbocycles. The molecule has 0 spiro atoms. The molecule has 0 amide bonds. The van der Waals surface area contributed by atoms with Gasteiger partial charge in [-0.3, -0.25) is 0 Å². The first kappa shape index (κ1) is 8.52. The Morgan fingerprint density at radius 3 is 2.85 bits per heavy atom. The molecule has 1 fully saturated rings. The van der Waals surface area contributed by atoms with Crippen LogP contribution in [0.4, 0.5) is 5.13 Å². The fourth-order valence-electron chi connectivity index (χ4n) is 1.48. The van der Waals surface area contributed by atoms with E-state index in [1.54, 1.807) is 0 Å². The molecule has 3 nitrogen and oxygen atoms in total. The molecule has 0 radical (unpaired) electrons. The van der Waals surface area contributed by atoms with Gasteiger partial charge >= 0.3 is 0 Å². The van der Waals surface area contributed by atoms with Crippen molar-refractivity contribution in [1.29, 1.82) is 5.26 Å². The summed E-state index contributed by atoms with van der Waals surface area (Å²) in [5.41, 5.74) is 1.02. The molecule has 2 rings (SSSR count). The van der Waals surface area contributed by atoms with Crippen molar-refractivity contribution in [1.82, 2.24) is 4.98 Å². The smallest absolute Gasteiger partial charge is 0.183 e. The zero-order valence-electron chi connectivity index (χ0n) is 7.50. The van der Waals surface area contributed by atoms with Crippen LogP contribution in [0.15, 0.2) is 0 Å². The number of anilines is 1. The van der Waals surface area contributed by atoms with Gasteiger partial charge in [-0.1, -0.05) is 17.8 Å². The molecule has 1 heterocycles. The van der Waals surface area contributed by atoms with Gasteiger partial charge in [0.25, 0.3) is 0 Å². The van der Waals surface area contributed by atoms with E-state index in [1.807, 2.05) is 7.05 Å². The summed E-state index contributed by atoms with van der Waals surface area (Å²) in [6.45, 7) is 0. The number of aromatic nitrogens is 1. The van der Waals surface area contributed by atoms with Crippen molar-refractivity contribution >= 4 is 16.5 Å². The van der Waals surface area contributed by atoms with Crippen molar-refractivity contribution in [3.8, 4) is 6.07 Å². The number of nitrogens with zero attached hydrogens (tertiary/aromatic N) is 2. The number of hydrogen-bond acceptors (Lipinski definition) is 4. The van der Waals surface area contributed by atoms with Crippen LogP contribution in [0.5, 0.6) is 0 Å². The summed E-state index contributed by atoms with van der Waals surface area (Å²) < 4.78 is 0. The third-order valence-electron chi connectivity index (χ3n) is 2.46. The quantitative estimate of drug-likeness (QED) is 0.784. The Bertz CT molecular complexity index is 346. The molecule has 1 saturated carbocycles. The lowest BCUT2D eigenvalue weighted by Gasteiger charge is -2.23. The molecule has 1 aliphatic rings. The Kier molecular flexibility index (Phi) is 2.19. The molecule has 68 valence electrons. The fraction of sp³-hybridized carbons (Fsp3) is 0.556. The van der Waals surface area contributed by atoms with Gasteiger partial charge in [0.2, 0.25) is 0 Å². The van der Waals surface area contributed by atoms with Crippen LogP contribution in [-0.2, 0) is 0 Å². The topological polar surface area (TPSA) is 48.7 Å². The monoisotopic (exact) mass is 193 g/mol. The summed E-state index contributed by atoms with van der Waals surface area (Å²) in [7, 11) is 1.84. The zero-order chi connectivity index (χ0) is 9.26. The molecule has 0 bridgehead atoms. The average molecular weight is 193 g/mol. The number of hydrogen-bond donors (Lipinski definition) is 1. The highest BCUT2D eigenvalue weighted by Crippen LogP contribution is 2.39. The lowest BCUT2D eigenvalue weighted by atomic mass is 9.82. The summed E-state index contributed by atoms with van der Waals surface area (Å²) >= 11 is 1.45. The molecule has 0 unspecified atom stereocenters. The maximum Gasteiger partial charge on any atom is 0.183 e. The van der Waals surface area contributed by atoms with Crippen LogP contribution in [0, 0.1) is 11.3 Å². The molecule has 13 heavy (non-hydrogen) atoms. The number of nitrogens with one attached hydrogen (secondary N) is 1. The number of rotatable bonds is 2. The summed E-state index contributed by atoms with van der Waals surface area (Å²) in [5, 5.41) is 12.7. The predicted octanol–water partition coefficient (Wildman–Crippen LogP) is 2.32. The number of thiazole rings is 1. The third kappa shape index (κ3) is 1.40. The van der Waals surface area contributed by atoms with Gasteiger partial charge in [0.1, 0.15) is 10.9 Å². The van der Waals surface area contributed by atoms with Gasteiger partial charge in [0, 0.05) is 13.0 Å². The molecule has 0 saturated heterocycles. The predicted molar refractivity (Wildman–Crippen MR) is 53.0 cm³/mol. The van der Waals surface area contributed by atoms with E-state index in [4.69, 9.17) is 5.26 Å². The Balaban J connectivity index is 2.32. The van der Waals surface area contributed by atoms with E-state index in [2.05, 4.69) is 16.4 Å². The van der Waals surface area contributed by atoms with Crippen LogP contribution in [-0.4, -0.2) is 12.0 Å². The summed E-state index contributed by atoms with van der Waals surface area (Å²) in [6, 6.07) is 2.22. The molecule has 0 aliphatic heterocycles. The second kappa shape index (κ2) is 3.35. The lowest BCUT2D eigenvalue weighted by Crippen LogP contribution is -2.10. The summed E-state index contributed by atoms with van der Waals surface area (Å²) in [4.78, 5) is 5.19. The first-order valence-electron chi connectivity index (χ1n) is 4.43. The fourth-order valence-corrected chi connectivity index (χ4v) is 2.28. The molecule has 1 aliphatic carbocycles. The van der Waals surface area contributed by atoms with Crippen LogP contribution in [0.3, 0.4) is 0 Å². The van der Waals surface area contributed by atoms with E-state index in [9.17, 15) is 0 Å². The molecule has 1 aromatic heterocycles. The Morgan fingerprint density at radius 1 is 1.62 bits per heavy atom. The maximum atomic E-state index is 8.89. The van der Waals surface area contributed by atoms with Crippen LogP contribution >= 0.6 is 11.3 Å². The zero-order valence-corrected chi connectivity index (χ0v) is 8.32. The molecular weight excluding hydrogens is 182 g/mol. The van der Waals surface area contributed by atoms with Crippen molar-refractivity contribution in [3.05, 3.63) is 10.6 Å². The van der Waals surface area contributed by atoms with Gasteiger partial charge in [-0.25, -0.2) is 4.98 Å². The largest absolute Gasteiger partial charge is 0.365 e. The highest BCUT2D eigenvalue weighted by Gasteiger charge is 2.25. The third-order valence-corrected chi connectivity index (χ3v) is 3.45. The lowest BCUT2D eigenvalue weighted by molar-refractivity contribution is 0.412. The minimum Gasteiger partial charge on any atom is -0.365 e. The standard InChI is InChI=1S/C9H11N3S/c1-11-9-12-8(6-3-2-4-6)7(5-10)13-9/h6H,2-4H2,1H3,(H,11,12). The van der Waals surface area contributed by atoms with Gasteiger partial charge < -0.3 is 5.32 Å². The molecule has 4 heteroatoms. The van der Waals surface area contributed by atoms with Crippen LogP contribution in [0.1, 0.15) is 35.8 Å². The second-order valence-electron chi connectivity index (χ2n) is 3.22. The Labute approximate surface area is 81.4 Å². The average Bonchev–Trinajstić information content (AvgIpc) is 2.45. The van der Waals surface area contributed by atoms with E-state index in [0.717, 1.165) is 15.7 Å². The van der Waals surface area contributed by atoms with Gasteiger partial charge in [-0.15, -0.1) is 0 Å². The SMILES string of the molecule is CNc1nc(C2CCC2)c(C#N)s1. The van der Waals surface area contributed by atoms with E-state index in [-0.39, 0.29) is 0 Å². The normalized spacial score (nSPS) is 16.3. The van der Waals surface area contributed by atoms with E-state index < -0.39 is 0 Å². The van der Waals surface area contributed by atoms with Gasteiger partial charge in [-0.05, 0) is 12.8 Å². The second-order valence-corrected chi connectivity index (χ2v) is 4.22. The van der Waals surface area contributed by atoms with Gasteiger partial charge in [0.05, 0.1) is 5.69 Å². The van der Waals surface area contributed by atoms with E-state index >= 15 is 0 Å². The first-order chi connectivity index (χ1) is 6.35. The molecule has 1 aromatic rings. The minimum absolute atomic E-state index is 0.549. The molecular formula is C9H11N3S. The molecule has 1 N–H and O–H groups in total. The van der Waals surface area contributed by atoms with E-state index in [1.165, 1.54) is 30.6 Å². The molecule has 0 atom stereocenters.